The molecule has 1 saturated heterocycles. The lowest BCUT2D eigenvalue weighted by molar-refractivity contribution is 0.0342. The maximum atomic E-state index is 5.46. The molecule has 0 amide bonds. The Morgan fingerprint density at radius 3 is 2.73 bits per heavy atom. The van der Waals surface area contributed by atoms with Gasteiger partial charge in [-0.25, -0.2) is 9.98 Å². The van der Waals surface area contributed by atoms with Crippen molar-refractivity contribution in [2.45, 2.75) is 39.9 Å². The monoisotopic (exact) mass is 448 g/mol. The molecule has 1 aliphatic heterocycles. The molecule has 0 spiro atoms. The Balaban J connectivity index is 1.29. The number of ether oxygens (including phenoxy) is 1. The summed E-state index contributed by atoms with van der Waals surface area (Å²) in [7, 11) is 0. The van der Waals surface area contributed by atoms with E-state index in [1.807, 2.05) is 6.07 Å². The first-order valence-corrected chi connectivity index (χ1v) is 12.0. The van der Waals surface area contributed by atoms with Crippen molar-refractivity contribution in [3.63, 3.8) is 0 Å². The molecule has 1 aromatic heterocycles. The molecule has 0 radical (unpaired) electrons. The lowest BCUT2D eigenvalue weighted by Gasteiger charge is -2.26. The normalized spacial score (nSPS) is 15.2. The molecule has 2 heterocycles. The highest BCUT2D eigenvalue weighted by atomic mass is 16.5. The van der Waals surface area contributed by atoms with Crippen LogP contribution in [0.1, 0.15) is 30.3 Å². The van der Waals surface area contributed by atoms with Crippen molar-refractivity contribution in [1.82, 2.24) is 25.1 Å². The second-order valence-electron chi connectivity index (χ2n) is 8.48. The third kappa shape index (κ3) is 6.55. The number of aryl methyl sites for hydroxylation is 2. The zero-order valence-corrected chi connectivity index (χ0v) is 19.9. The molecule has 7 heteroatoms. The molecule has 7 nitrogen and oxygen atoms in total. The van der Waals surface area contributed by atoms with Crippen LogP contribution < -0.4 is 10.6 Å². The zero-order chi connectivity index (χ0) is 22.9. The Bertz CT molecular complexity index is 1050. The fourth-order valence-electron chi connectivity index (χ4n) is 4.28. The molecule has 0 unspecified atom stereocenters. The van der Waals surface area contributed by atoms with Crippen LogP contribution >= 0.6 is 0 Å². The van der Waals surface area contributed by atoms with Gasteiger partial charge in [0, 0.05) is 39.3 Å². The quantitative estimate of drug-likeness (QED) is 0.299. The van der Waals surface area contributed by atoms with E-state index in [0.29, 0.717) is 6.54 Å². The Hall–Kier alpha value is -2.90. The number of para-hydroxylation sites is 2. The van der Waals surface area contributed by atoms with Crippen LogP contribution in [0.5, 0.6) is 0 Å². The third-order valence-electron chi connectivity index (χ3n) is 5.96. The van der Waals surface area contributed by atoms with Gasteiger partial charge in [0.25, 0.3) is 0 Å². The van der Waals surface area contributed by atoms with Gasteiger partial charge in [-0.1, -0.05) is 36.4 Å². The second-order valence-corrected chi connectivity index (χ2v) is 8.48. The number of imidazole rings is 1. The van der Waals surface area contributed by atoms with E-state index in [2.05, 4.69) is 81.4 Å². The molecule has 176 valence electrons. The average molecular weight is 449 g/mol. The Kier molecular flexibility index (Phi) is 8.33. The van der Waals surface area contributed by atoms with E-state index in [4.69, 9.17) is 9.73 Å². The van der Waals surface area contributed by atoms with Gasteiger partial charge in [0.1, 0.15) is 5.82 Å². The molecular formula is C26H36N6O. The first kappa shape index (κ1) is 23.3. The minimum atomic E-state index is 0.664. The predicted molar refractivity (Wildman–Crippen MR) is 134 cm³/mol. The molecule has 4 rings (SSSR count). The number of guanidine groups is 1. The summed E-state index contributed by atoms with van der Waals surface area (Å²) in [5.74, 6) is 1.93. The van der Waals surface area contributed by atoms with Gasteiger partial charge in [0.2, 0.25) is 0 Å². The van der Waals surface area contributed by atoms with Gasteiger partial charge >= 0.3 is 0 Å². The molecule has 33 heavy (non-hydrogen) atoms. The van der Waals surface area contributed by atoms with Gasteiger partial charge < -0.3 is 19.9 Å². The number of nitrogens with zero attached hydrogens (tertiary/aromatic N) is 4. The molecule has 0 bridgehead atoms. The lowest BCUT2D eigenvalue weighted by atomic mass is 10.1. The lowest BCUT2D eigenvalue weighted by Crippen LogP contribution is -2.38. The smallest absolute Gasteiger partial charge is 0.191 e. The van der Waals surface area contributed by atoms with Crippen molar-refractivity contribution in [2.75, 3.05) is 39.4 Å². The van der Waals surface area contributed by atoms with Crippen LogP contribution in [0.25, 0.3) is 11.0 Å². The van der Waals surface area contributed by atoms with E-state index in [9.17, 15) is 0 Å². The van der Waals surface area contributed by atoms with Crippen molar-refractivity contribution in [2.24, 2.45) is 4.99 Å². The predicted octanol–water partition coefficient (Wildman–Crippen LogP) is 3.32. The third-order valence-corrected chi connectivity index (χ3v) is 5.96. The van der Waals surface area contributed by atoms with Gasteiger partial charge in [0.15, 0.2) is 5.96 Å². The molecule has 2 aromatic carbocycles. The van der Waals surface area contributed by atoms with Gasteiger partial charge in [-0.3, -0.25) is 4.90 Å². The Labute approximate surface area is 196 Å². The molecule has 1 aliphatic rings. The first-order chi connectivity index (χ1) is 16.2. The largest absolute Gasteiger partial charge is 0.379 e. The van der Waals surface area contributed by atoms with Crippen molar-refractivity contribution in [3.05, 3.63) is 65.5 Å². The highest BCUT2D eigenvalue weighted by Gasteiger charge is 2.11. The topological polar surface area (TPSA) is 66.7 Å². The van der Waals surface area contributed by atoms with E-state index in [0.717, 1.165) is 76.2 Å². The summed E-state index contributed by atoms with van der Waals surface area (Å²) < 4.78 is 7.75. The highest BCUT2D eigenvalue weighted by molar-refractivity contribution is 5.79. The molecule has 0 saturated carbocycles. The van der Waals surface area contributed by atoms with Gasteiger partial charge in [-0.05, 0) is 43.5 Å². The number of hydrogen-bond donors (Lipinski definition) is 2. The Morgan fingerprint density at radius 2 is 1.88 bits per heavy atom. The van der Waals surface area contributed by atoms with Crippen molar-refractivity contribution >= 4 is 17.0 Å². The fraction of sp³-hybridized carbons (Fsp3) is 0.462. The SMILES string of the molecule is CCNC(=NCc1cccc(CN2CCOCC2)c1)NCCCn1c(C)nc2ccccc21. The minimum absolute atomic E-state index is 0.664. The molecule has 3 aromatic rings. The maximum Gasteiger partial charge on any atom is 0.191 e. The standard InChI is InChI=1S/C26H36N6O/c1-3-27-26(28-12-7-13-32-21(2)30-24-10-4-5-11-25(24)32)29-19-22-8-6-9-23(18-22)20-31-14-16-33-17-15-31/h4-6,8-11,18H,3,7,12-17,19-20H2,1-2H3,(H2,27,28,29). The van der Waals surface area contributed by atoms with Crippen LogP contribution in [0.15, 0.2) is 53.5 Å². The molecule has 2 N–H and O–H groups in total. The van der Waals surface area contributed by atoms with Gasteiger partial charge in [-0.15, -0.1) is 0 Å². The van der Waals surface area contributed by atoms with Crippen LogP contribution in [0.4, 0.5) is 0 Å². The number of hydrogen-bond acceptors (Lipinski definition) is 4. The van der Waals surface area contributed by atoms with E-state index < -0.39 is 0 Å². The maximum absolute atomic E-state index is 5.46. The summed E-state index contributed by atoms with van der Waals surface area (Å²) in [6, 6.07) is 17.1. The van der Waals surface area contributed by atoms with Gasteiger partial charge in [0.05, 0.1) is 30.8 Å². The number of morpholine rings is 1. The van der Waals surface area contributed by atoms with Crippen molar-refractivity contribution < 1.29 is 4.74 Å². The van der Waals surface area contributed by atoms with Crippen LogP contribution in [-0.4, -0.2) is 59.8 Å². The first-order valence-electron chi connectivity index (χ1n) is 12.0. The Morgan fingerprint density at radius 1 is 1.06 bits per heavy atom. The molecule has 0 aliphatic carbocycles. The van der Waals surface area contributed by atoms with E-state index in [-0.39, 0.29) is 0 Å². The van der Waals surface area contributed by atoms with E-state index in [1.54, 1.807) is 0 Å². The van der Waals surface area contributed by atoms with Crippen LogP contribution in [0, 0.1) is 6.92 Å². The number of aromatic nitrogens is 2. The van der Waals surface area contributed by atoms with Crippen LogP contribution in [0.3, 0.4) is 0 Å². The van der Waals surface area contributed by atoms with E-state index in [1.165, 1.54) is 16.6 Å². The van der Waals surface area contributed by atoms with E-state index >= 15 is 0 Å². The van der Waals surface area contributed by atoms with Crippen LogP contribution in [0.2, 0.25) is 0 Å². The summed E-state index contributed by atoms with van der Waals surface area (Å²) in [6.45, 7) is 12.1. The summed E-state index contributed by atoms with van der Waals surface area (Å²) in [6.07, 6.45) is 1.00. The second kappa shape index (κ2) is 11.8. The number of nitrogens with one attached hydrogen (secondary N) is 2. The molecule has 0 atom stereocenters. The number of aliphatic imine (C=N–C) groups is 1. The van der Waals surface area contributed by atoms with Crippen molar-refractivity contribution in [3.8, 4) is 0 Å². The summed E-state index contributed by atoms with van der Waals surface area (Å²) in [5.41, 5.74) is 4.84. The molecule has 1 fully saturated rings. The summed E-state index contributed by atoms with van der Waals surface area (Å²) >= 11 is 0. The summed E-state index contributed by atoms with van der Waals surface area (Å²) in [4.78, 5) is 11.9. The fourth-order valence-corrected chi connectivity index (χ4v) is 4.28. The highest BCUT2D eigenvalue weighted by Crippen LogP contribution is 2.15. The van der Waals surface area contributed by atoms with Crippen molar-refractivity contribution in [1.29, 1.82) is 0 Å². The molecular weight excluding hydrogens is 412 g/mol. The zero-order valence-electron chi connectivity index (χ0n) is 19.9. The number of benzene rings is 2. The minimum Gasteiger partial charge on any atom is -0.379 e. The summed E-state index contributed by atoms with van der Waals surface area (Å²) in [5, 5.41) is 6.85. The van der Waals surface area contributed by atoms with Gasteiger partial charge in [-0.2, -0.15) is 0 Å². The number of rotatable bonds is 9. The van der Waals surface area contributed by atoms with Crippen LogP contribution in [-0.2, 0) is 24.4 Å². The number of fused-ring (bicyclic) bond motifs is 1. The average Bonchev–Trinajstić information content (AvgIpc) is 3.16.